The number of amides is 2. The molecule has 2 aromatic carbocycles. The minimum atomic E-state index is -0.497. The lowest BCUT2D eigenvalue weighted by Crippen LogP contribution is -2.35. The van der Waals surface area contributed by atoms with Gasteiger partial charge in [-0.2, -0.15) is 0 Å². The van der Waals surface area contributed by atoms with Gasteiger partial charge in [-0.1, -0.05) is 18.2 Å². The van der Waals surface area contributed by atoms with Crippen LogP contribution in [-0.4, -0.2) is 37.1 Å². The number of ether oxygens (including phenoxy) is 3. The number of para-hydroxylation sites is 1. The van der Waals surface area contributed by atoms with Crippen LogP contribution < -0.4 is 19.9 Å². The van der Waals surface area contributed by atoms with Crippen molar-refractivity contribution in [1.82, 2.24) is 5.43 Å². The van der Waals surface area contributed by atoms with E-state index in [4.69, 9.17) is 14.2 Å². The van der Waals surface area contributed by atoms with Gasteiger partial charge in [0.2, 0.25) is 0 Å². The van der Waals surface area contributed by atoms with Gasteiger partial charge in [0.1, 0.15) is 5.57 Å². The van der Waals surface area contributed by atoms with Crippen LogP contribution in [0.15, 0.2) is 48.0 Å². The van der Waals surface area contributed by atoms with E-state index in [9.17, 15) is 14.4 Å². The smallest absolute Gasteiger partial charge is 0.344 e. The van der Waals surface area contributed by atoms with E-state index in [1.54, 1.807) is 50.2 Å². The maximum Gasteiger partial charge on any atom is 0.344 e. The van der Waals surface area contributed by atoms with Gasteiger partial charge in [-0.3, -0.25) is 15.0 Å². The molecule has 1 fully saturated rings. The fraction of sp³-hybridized carbons (Fsp3) is 0.261. The monoisotopic (exact) mass is 550 g/mol. The van der Waals surface area contributed by atoms with Crippen LogP contribution >= 0.6 is 22.6 Å². The zero-order valence-electron chi connectivity index (χ0n) is 17.9. The lowest BCUT2D eigenvalue weighted by molar-refractivity contribution is -0.149. The second-order valence-corrected chi connectivity index (χ2v) is 8.23. The van der Waals surface area contributed by atoms with Gasteiger partial charge in [-0.15, -0.1) is 0 Å². The van der Waals surface area contributed by atoms with Crippen molar-refractivity contribution in [3.8, 4) is 11.5 Å². The molecule has 168 valence electrons. The summed E-state index contributed by atoms with van der Waals surface area (Å²) < 4.78 is 17.1. The van der Waals surface area contributed by atoms with Crippen molar-refractivity contribution in [1.29, 1.82) is 0 Å². The molecule has 0 bridgehead atoms. The highest BCUT2D eigenvalue weighted by atomic mass is 127. The summed E-state index contributed by atoms with van der Waals surface area (Å²) in [6.07, 6.45) is 1.26. The highest BCUT2D eigenvalue weighted by molar-refractivity contribution is 14.1. The lowest BCUT2D eigenvalue weighted by Gasteiger charge is -2.15. The number of hydrogen-bond donors (Lipinski definition) is 1. The molecule has 0 saturated carbocycles. The van der Waals surface area contributed by atoms with Gasteiger partial charge in [0.25, 0.3) is 11.8 Å². The van der Waals surface area contributed by atoms with Gasteiger partial charge in [-0.05, 0) is 79.3 Å². The molecule has 1 N–H and O–H groups in total. The van der Waals surface area contributed by atoms with Crippen molar-refractivity contribution >= 4 is 52.1 Å². The Balaban J connectivity index is 1.86. The van der Waals surface area contributed by atoms with Crippen LogP contribution in [0.1, 0.15) is 26.3 Å². The first-order valence-electron chi connectivity index (χ1n) is 10.0. The Morgan fingerprint density at radius 2 is 1.88 bits per heavy atom. The number of anilines is 1. The van der Waals surface area contributed by atoms with Gasteiger partial charge >= 0.3 is 5.97 Å². The van der Waals surface area contributed by atoms with Gasteiger partial charge in [-0.25, -0.2) is 9.80 Å². The molecule has 1 saturated heterocycles. The molecule has 0 radical (unpaired) electrons. The summed E-state index contributed by atoms with van der Waals surface area (Å²) in [6.45, 7) is 5.44. The maximum absolute atomic E-state index is 12.8. The molecule has 0 aromatic heterocycles. The SMILES string of the molecule is CCOc1cc(/C=C2/C(=O)NN(c3ccccc3)C2=O)cc(I)c1OCC(=O)OC(C)C. The number of benzene rings is 2. The minimum Gasteiger partial charge on any atom is -0.490 e. The quantitative estimate of drug-likeness (QED) is 0.234. The first-order chi connectivity index (χ1) is 15.3. The van der Waals surface area contributed by atoms with E-state index >= 15 is 0 Å². The normalized spacial score (nSPS) is 14.7. The average Bonchev–Trinajstić information content (AvgIpc) is 3.02. The Morgan fingerprint density at radius 1 is 1.16 bits per heavy atom. The number of esters is 1. The van der Waals surface area contributed by atoms with E-state index in [2.05, 4.69) is 28.0 Å². The van der Waals surface area contributed by atoms with E-state index < -0.39 is 17.8 Å². The second-order valence-electron chi connectivity index (χ2n) is 7.07. The summed E-state index contributed by atoms with van der Waals surface area (Å²) in [5.41, 5.74) is 3.72. The van der Waals surface area contributed by atoms with E-state index in [1.165, 1.54) is 11.1 Å². The summed E-state index contributed by atoms with van der Waals surface area (Å²) in [7, 11) is 0. The number of hydrazine groups is 1. The molecule has 1 heterocycles. The molecule has 9 heteroatoms. The molecule has 8 nitrogen and oxygen atoms in total. The van der Waals surface area contributed by atoms with E-state index in [0.717, 1.165) is 0 Å². The molecule has 0 atom stereocenters. The van der Waals surface area contributed by atoms with Gasteiger partial charge in [0.15, 0.2) is 18.1 Å². The fourth-order valence-electron chi connectivity index (χ4n) is 2.99. The molecule has 1 aliphatic rings. The average molecular weight is 550 g/mol. The van der Waals surface area contributed by atoms with Crippen LogP contribution in [0.2, 0.25) is 0 Å². The second kappa shape index (κ2) is 10.5. The summed E-state index contributed by atoms with van der Waals surface area (Å²) >= 11 is 2.05. The number of halogens is 1. The number of rotatable bonds is 8. The van der Waals surface area contributed by atoms with Crippen LogP contribution in [-0.2, 0) is 19.1 Å². The van der Waals surface area contributed by atoms with Crippen molar-refractivity contribution in [3.63, 3.8) is 0 Å². The molecule has 3 rings (SSSR count). The molecule has 32 heavy (non-hydrogen) atoms. The van der Waals surface area contributed by atoms with Crippen LogP contribution in [0.25, 0.3) is 6.08 Å². The number of nitrogens with one attached hydrogen (secondary N) is 1. The standard InChI is InChI=1S/C23H23IN2O6/c1-4-30-19-12-15(11-18(24)21(19)31-13-20(27)32-14(2)3)10-17-22(28)25-26(23(17)29)16-8-6-5-7-9-16/h5-12,14H,4,13H2,1-3H3,(H,25,28)/b17-10-. The number of carbonyl (C=O) groups excluding carboxylic acids is 3. The molecule has 0 unspecified atom stereocenters. The van der Waals surface area contributed by atoms with Crippen LogP contribution in [0.3, 0.4) is 0 Å². The fourth-order valence-corrected chi connectivity index (χ4v) is 3.77. The van der Waals surface area contributed by atoms with Crippen molar-refractivity contribution in [2.24, 2.45) is 0 Å². The first kappa shape index (κ1) is 23.6. The Labute approximate surface area is 199 Å². The number of hydrogen-bond acceptors (Lipinski definition) is 6. The van der Waals surface area contributed by atoms with E-state index in [-0.39, 0.29) is 18.3 Å². The third kappa shape index (κ3) is 5.58. The zero-order valence-corrected chi connectivity index (χ0v) is 20.0. The molecular formula is C23H23IN2O6. The summed E-state index contributed by atoms with van der Waals surface area (Å²) in [5, 5.41) is 1.21. The first-order valence-corrected chi connectivity index (χ1v) is 11.1. The maximum atomic E-state index is 12.8. The Kier molecular flexibility index (Phi) is 7.73. The highest BCUT2D eigenvalue weighted by Gasteiger charge is 2.34. The van der Waals surface area contributed by atoms with Gasteiger partial charge in [0.05, 0.1) is 22.0 Å². The van der Waals surface area contributed by atoms with E-state index in [1.807, 2.05) is 13.0 Å². The Bertz CT molecular complexity index is 1050. The van der Waals surface area contributed by atoms with Crippen LogP contribution in [0, 0.1) is 3.57 Å². The van der Waals surface area contributed by atoms with Gasteiger partial charge < -0.3 is 14.2 Å². The van der Waals surface area contributed by atoms with E-state index in [0.29, 0.717) is 32.9 Å². The Morgan fingerprint density at radius 3 is 2.53 bits per heavy atom. The molecule has 2 aromatic rings. The summed E-state index contributed by atoms with van der Waals surface area (Å²) in [6, 6.07) is 12.2. The molecule has 2 amide bonds. The van der Waals surface area contributed by atoms with Crippen LogP contribution in [0.5, 0.6) is 11.5 Å². The minimum absolute atomic E-state index is 0.00119. The zero-order chi connectivity index (χ0) is 23.3. The third-order valence-electron chi connectivity index (χ3n) is 4.25. The Hall–Kier alpha value is -3.08. The predicted molar refractivity (Wildman–Crippen MR) is 127 cm³/mol. The largest absolute Gasteiger partial charge is 0.490 e. The number of nitrogens with zero attached hydrogens (tertiary/aromatic N) is 1. The summed E-state index contributed by atoms with van der Waals surface area (Å²) in [4.78, 5) is 37.1. The van der Waals surface area contributed by atoms with Crippen molar-refractivity contribution in [2.45, 2.75) is 26.9 Å². The van der Waals surface area contributed by atoms with Crippen LogP contribution in [0.4, 0.5) is 5.69 Å². The highest BCUT2D eigenvalue weighted by Crippen LogP contribution is 2.35. The molecule has 0 spiro atoms. The molecule has 1 aliphatic heterocycles. The van der Waals surface area contributed by atoms with Gasteiger partial charge in [0, 0.05) is 0 Å². The van der Waals surface area contributed by atoms with Crippen molar-refractivity contribution in [3.05, 3.63) is 57.2 Å². The third-order valence-corrected chi connectivity index (χ3v) is 5.05. The summed E-state index contributed by atoms with van der Waals surface area (Å²) in [5.74, 6) is -0.647. The molecular weight excluding hydrogens is 527 g/mol. The lowest BCUT2D eigenvalue weighted by atomic mass is 10.1. The number of carbonyl (C=O) groups is 3. The van der Waals surface area contributed by atoms with Crippen molar-refractivity contribution < 1.29 is 28.6 Å². The molecule has 0 aliphatic carbocycles. The van der Waals surface area contributed by atoms with Crippen molar-refractivity contribution in [2.75, 3.05) is 18.2 Å². The predicted octanol–water partition coefficient (Wildman–Crippen LogP) is 3.48. The topological polar surface area (TPSA) is 94.2 Å².